The molecule has 1 aliphatic heterocycles. The minimum absolute atomic E-state index is 0.369. The number of aryl methyl sites for hydroxylation is 1. The number of hydrogen-bond donors (Lipinski definition) is 1. The molecule has 20 heavy (non-hydrogen) atoms. The quantitative estimate of drug-likeness (QED) is 0.889. The molecule has 0 aromatic carbocycles. The number of likely N-dealkylation sites (tertiary alicyclic amines) is 1. The molecule has 4 unspecified atom stereocenters. The van der Waals surface area contributed by atoms with Crippen molar-refractivity contribution >= 4 is 0 Å². The highest BCUT2D eigenvalue weighted by Crippen LogP contribution is 2.32. The molecule has 114 valence electrons. The lowest BCUT2D eigenvalue weighted by molar-refractivity contribution is 0.0445. The Balaban J connectivity index is 2.00. The van der Waals surface area contributed by atoms with Crippen molar-refractivity contribution in [3.05, 3.63) is 23.7 Å². The lowest BCUT2D eigenvalue weighted by Crippen LogP contribution is -2.53. The summed E-state index contributed by atoms with van der Waals surface area (Å²) in [5, 5.41) is 3.70. The van der Waals surface area contributed by atoms with Gasteiger partial charge in [0.15, 0.2) is 0 Å². The van der Waals surface area contributed by atoms with E-state index in [-0.39, 0.29) is 0 Å². The van der Waals surface area contributed by atoms with Gasteiger partial charge in [0.1, 0.15) is 11.5 Å². The van der Waals surface area contributed by atoms with Gasteiger partial charge in [-0.3, -0.25) is 4.90 Å². The molecule has 0 bridgehead atoms. The molecule has 3 heteroatoms. The first-order valence-corrected chi connectivity index (χ1v) is 8.10. The van der Waals surface area contributed by atoms with Crippen molar-refractivity contribution in [2.45, 2.75) is 65.6 Å². The van der Waals surface area contributed by atoms with Crippen molar-refractivity contribution in [3.8, 4) is 0 Å². The highest BCUT2D eigenvalue weighted by molar-refractivity contribution is 5.10. The molecule has 0 radical (unpaired) electrons. The fourth-order valence-electron chi connectivity index (χ4n) is 3.40. The van der Waals surface area contributed by atoms with E-state index in [4.69, 9.17) is 4.42 Å². The molecular weight excluding hydrogens is 248 g/mol. The molecule has 1 aliphatic rings. The van der Waals surface area contributed by atoms with Crippen LogP contribution in [0.25, 0.3) is 0 Å². The zero-order chi connectivity index (χ0) is 14.7. The normalized spacial score (nSPS) is 29.6. The summed E-state index contributed by atoms with van der Waals surface area (Å²) in [6, 6.07) is 5.80. The van der Waals surface area contributed by atoms with E-state index < -0.39 is 0 Å². The van der Waals surface area contributed by atoms with Crippen LogP contribution >= 0.6 is 0 Å². The molecule has 1 saturated heterocycles. The zero-order valence-electron chi connectivity index (χ0n) is 13.6. The van der Waals surface area contributed by atoms with Crippen LogP contribution in [0.5, 0.6) is 0 Å². The fourth-order valence-corrected chi connectivity index (χ4v) is 3.40. The highest BCUT2D eigenvalue weighted by Gasteiger charge is 2.35. The molecular formula is C17H30N2O. The summed E-state index contributed by atoms with van der Waals surface area (Å²) in [4.78, 5) is 2.59. The molecule has 1 fully saturated rings. The van der Waals surface area contributed by atoms with Crippen LogP contribution in [0.2, 0.25) is 0 Å². The van der Waals surface area contributed by atoms with Gasteiger partial charge in [-0.25, -0.2) is 0 Å². The molecule has 0 saturated carbocycles. The van der Waals surface area contributed by atoms with Gasteiger partial charge in [0.2, 0.25) is 0 Å². The van der Waals surface area contributed by atoms with Crippen molar-refractivity contribution in [2.75, 3.05) is 13.1 Å². The van der Waals surface area contributed by atoms with Gasteiger partial charge in [-0.1, -0.05) is 13.8 Å². The Hall–Kier alpha value is -0.800. The second-order valence-corrected chi connectivity index (χ2v) is 6.31. The maximum absolute atomic E-state index is 5.82. The number of rotatable bonds is 5. The third-order valence-corrected chi connectivity index (χ3v) is 4.94. The smallest absolute Gasteiger partial charge is 0.121 e. The predicted octanol–water partition coefficient (Wildman–Crippen LogP) is 3.75. The van der Waals surface area contributed by atoms with Gasteiger partial charge in [0.05, 0.1) is 6.04 Å². The molecule has 0 aliphatic carbocycles. The molecule has 1 aromatic heterocycles. The van der Waals surface area contributed by atoms with Gasteiger partial charge in [-0.15, -0.1) is 0 Å². The summed E-state index contributed by atoms with van der Waals surface area (Å²) < 4.78 is 5.82. The molecule has 1 aromatic rings. The molecule has 4 atom stereocenters. The standard InChI is InChI=1S/C17H30N2O/c1-6-10-18-16-9-11-19(14(4)13(16)3)15(5)17-8-7-12(2)20-17/h7-8,13-16,18H,6,9-11H2,1-5H3. The Bertz CT molecular complexity index is 415. The second kappa shape index (κ2) is 6.77. The molecule has 0 spiro atoms. The first-order chi connectivity index (χ1) is 9.54. The van der Waals surface area contributed by atoms with E-state index in [0.717, 1.165) is 24.6 Å². The summed E-state index contributed by atoms with van der Waals surface area (Å²) in [5.41, 5.74) is 0. The van der Waals surface area contributed by atoms with Crippen LogP contribution in [0.3, 0.4) is 0 Å². The Morgan fingerprint density at radius 2 is 2.15 bits per heavy atom. The number of furan rings is 1. The van der Waals surface area contributed by atoms with E-state index in [1.54, 1.807) is 0 Å². The van der Waals surface area contributed by atoms with Gasteiger partial charge in [0, 0.05) is 18.6 Å². The van der Waals surface area contributed by atoms with Crippen LogP contribution in [0.15, 0.2) is 16.5 Å². The highest BCUT2D eigenvalue weighted by atomic mass is 16.3. The third-order valence-electron chi connectivity index (χ3n) is 4.94. The molecule has 2 rings (SSSR count). The monoisotopic (exact) mass is 278 g/mol. The largest absolute Gasteiger partial charge is 0.465 e. The Morgan fingerprint density at radius 1 is 1.40 bits per heavy atom. The van der Waals surface area contributed by atoms with Gasteiger partial charge in [-0.2, -0.15) is 0 Å². The van der Waals surface area contributed by atoms with E-state index in [2.05, 4.69) is 50.0 Å². The Labute approximate surface area is 123 Å². The van der Waals surface area contributed by atoms with E-state index >= 15 is 0 Å². The summed E-state index contributed by atoms with van der Waals surface area (Å²) in [7, 11) is 0. The van der Waals surface area contributed by atoms with E-state index in [1.807, 2.05) is 6.92 Å². The number of nitrogens with one attached hydrogen (secondary N) is 1. The summed E-state index contributed by atoms with van der Waals surface area (Å²) in [6.45, 7) is 13.5. The van der Waals surface area contributed by atoms with E-state index in [0.29, 0.717) is 24.0 Å². The van der Waals surface area contributed by atoms with E-state index in [9.17, 15) is 0 Å². The van der Waals surface area contributed by atoms with Crippen LogP contribution in [-0.2, 0) is 0 Å². The van der Waals surface area contributed by atoms with Gasteiger partial charge in [-0.05, 0) is 58.2 Å². The van der Waals surface area contributed by atoms with Gasteiger partial charge >= 0.3 is 0 Å². The fraction of sp³-hybridized carbons (Fsp3) is 0.765. The Morgan fingerprint density at radius 3 is 2.75 bits per heavy atom. The summed E-state index contributed by atoms with van der Waals surface area (Å²) in [6.07, 6.45) is 2.44. The average Bonchev–Trinajstić information content (AvgIpc) is 2.86. The Kier molecular flexibility index (Phi) is 5.28. The maximum Gasteiger partial charge on any atom is 0.121 e. The molecule has 0 amide bonds. The van der Waals surface area contributed by atoms with Crippen molar-refractivity contribution in [2.24, 2.45) is 5.92 Å². The molecule has 1 N–H and O–H groups in total. The van der Waals surface area contributed by atoms with Crippen LogP contribution in [0.4, 0.5) is 0 Å². The number of piperidine rings is 1. The lowest BCUT2D eigenvalue weighted by Gasteiger charge is -2.45. The van der Waals surface area contributed by atoms with Gasteiger partial charge < -0.3 is 9.73 Å². The maximum atomic E-state index is 5.82. The SMILES string of the molecule is CCCNC1CCN(C(C)c2ccc(C)o2)C(C)C1C. The van der Waals surface area contributed by atoms with Crippen molar-refractivity contribution in [1.82, 2.24) is 10.2 Å². The second-order valence-electron chi connectivity index (χ2n) is 6.31. The van der Waals surface area contributed by atoms with E-state index in [1.165, 1.54) is 12.8 Å². The number of nitrogens with zero attached hydrogens (tertiary/aromatic N) is 1. The minimum atomic E-state index is 0.369. The van der Waals surface area contributed by atoms with Gasteiger partial charge in [0.25, 0.3) is 0 Å². The van der Waals surface area contributed by atoms with Crippen LogP contribution in [-0.4, -0.2) is 30.1 Å². The van der Waals surface area contributed by atoms with Crippen LogP contribution in [0.1, 0.15) is 58.1 Å². The molecule has 2 heterocycles. The first-order valence-electron chi connectivity index (χ1n) is 8.10. The van der Waals surface area contributed by atoms with Crippen LogP contribution < -0.4 is 5.32 Å². The van der Waals surface area contributed by atoms with Crippen LogP contribution in [0, 0.1) is 12.8 Å². The summed E-state index contributed by atoms with van der Waals surface area (Å²) in [5.74, 6) is 2.78. The average molecular weight is 278 g/mol. The molecule has 3 nitrogen and oxygen atoms in total. The lowest BCUT2D eigenvalue weighted by atomic mass is 9.86. The van der Waals surface area contributed by atoms with Crippen molar-refractivity contribution in [3.63, 3.8) is 0 Å². The van der Waals surface area contributed by atoms with Crippen molar-refractivity contribution in [1.29, 1.82) is 0 Å². The first kappa shape index (κ1) is 15.6. The topological polar surface area (TPSA) is 28.4 Å². The zero-order valence-corrected chi connectivity index (χ0v) is 13.6. The number of hydrogen-bond acceptors (Lipinski definition) is 3. The third kappa shape index (κ3) is 3.26. The van der Waals surface area contributed by atoms with Crippen molar-refractivity contribution < 1.29 is 4.42 Å². The minimum Gasteiger partial charge on any atom is -0.465 e. The summed E-state index contributed by atoms with van der Waals surface area (Å²) >= 11 is 0. The predicted molar refractivity (Wildman–Crippen MR) is 83.9 cm³/mol.